The highest BCUT2D eigenvalue weighted by atomic mass is 19.4. The predicted octanol–water partition coefficient (Wildman–Crippen LogP) is 8.36. The van der Waals surface area contributed by atoms with Gasteiger partial charge in [-0.05, 0) is 77.8 Å². The van der Waals surface area contributed by atoms with Gasteiger partial charge >= 0.3 is 12.1 Å². The molecule has 0 aromatic heterocycles. The zero-order valence-corrected chi connectivity index (χ0v) is 27.1. The summed E-state index contributed by atoms with van der Waals surface area (Å²) >= 11 is 0. The van der Waals surface area contributed by atoms with E-state index in [0.29, 0.717) is 24.1 Å². The predicted molar refractivity (Wildman–Crippen MR) is 182 cm³/mol. The van der Waals surface area contributed by atoms with Crippen LogP contribution in [0.5, 0.6) is 0 Å². The van der Waals surface area contributed by atoms with Crippen molar-refractivity contribution in [1.82, 2.24) is 9.80 Å². The normalized spacial score (nSPS) is 17.2. The van der Waals surface area contributed by atoms with Crippen molar-refractivity contribution in [3.8, 4) is 22.3 Å². The Labute approximate surface area is 284 Å². The van der Waals surface area contributed by atoms with Gasteiger partial charge < -0.3 is 14.9 Å². The van der Waals surface area contributed by atoms with E-state index in [1.54, 1.807) is 24.3 Å². The Morgan fingerprint density at radius 3 is 1.86 bits per heavy atom. The summed E-state index contributed by atoms with van der Waals surface area (Å²) in [6, 6.07) is 27.2. The van der Waals surface area contributed by atoms with Crippen molar-refractivity contribution in [2.24, 2.45) is 5.92 Å². The molecule has 2 unspecified atom stereocenters. The van der Waals surface area contributed by atoms with E-state index in [4.69, 9.17) is 0 Å². The van der Waals surface area contributed by atoms with Gasteiger partial charge in [0, 0.05) is 37.0 Å². The van der Waals surface area contributed by atoms with E-state index < -0.39 is 29.7 Å². The maximum atomic E-state index is 14.3. The Kier molecular flexibility index (Phi) is 10.2. The van der Waals surface area contributed by atoms with E-state index in [0.717, 1.165) is 60.9 Å². The highest BCUT2D eigenvalue weighted by molar-refractivity contribution is 5.97. The fraction of sp³-hybridized carbons (Fsp3) is 0.325. The molecule has 9 heteroatoms. The van der Waals surface area contributed by atoms with Crippen molar-refractivity contribution in [2.75, 3.05) is 13.1 Å². The first kappa shape index (κ1) is 34.0. The molecule has 1 saturated heterocycles. The van der Waals surface area contributed by atoms with Gasteiger partial charge in [-0.1, -0.05) is 91.7 Å². The molecule has 6 nitrogen and oxygen atoms in total. The molecule has 2 fully saturated rings. The van der Waals surface area contributed by atoms with Crippen LogP contribution in [-0.4, -0.2) is 57.9 Å². The van der Waals surface area contributed by atoms with Gasteiger partial charge in [0.15, 0.2) is 0 Å². The lowest BCUT2D eigenvalue weighted by atomic mass is 9.98. The number of alkyl halides is 3. The first-order valence-corrected chi connectivity index (χ1v) is 16.8. The van der Waals surface area contributed by atoms with Crippen LogP contribution in [0.2, 0.25) is 0 Å². The molecule has 4 aromatic rings. The summed E-state index contributed by atoms with van der Waals surface area (Å²) < 4.78 is 39.2. The van der Waals surface area contributed by atoms with Gasteiger partial charge in [-0.3, -0.25) is 9.59 Å². The Bertz CT molecular complexity index is 1750. The van der Waals surface area contributed by atoms with Crippen LogP contribution in [0.3, 0.4) is 0 Å². The lowest BCUT2D eigenvalue weighted by Gasteiger charge is -2.35. The summed E-state index contributed by atoms with van der Waals surface area (Å²) in [5, 5.41) is 10.6. The number of carboxylic acids is 1. The zero-order valence-electron chi connectivity index (χ0n) is 27.1. The standard InChI is InChI=1S/C40H39F3N2O4/c41-40(42,43)34-22-20-31(21-23-34)30-16-18-33(19-17-30)38(47)45(26-35-11-6-24-44(35)37(46)32-9-4-5-10-32)36(39(48)49)25-27-12-14-29(15-13-27)28-7-2-1-3-8-28/h1-3,7-8,12-23,32,35-36H,4-6,9-11,24-26H2,(H,48,49). The zero-order chi connectivity index (χ0) is 34.5. The molecule has 4 aromatic carbocycles. The number of rotatable bonds is 10. The summed E-state index contributed by atoms with van der Waals surface area (Å²) in [4.78, 5) is 44.0. The first-order chi connectivity index (χ1) is 23.6. The van der Waals surface area contributed by atoms with Crippen LogP contribution >= 0.6 is 0 Å². The number of amides is 2. The van der Waals surface area contributed by atoms with Gasteiger partial charge in [0.2, 0.25) is 5.91 Å². The number of carbonyl (C=O) groups is 3. The van der Waals surface area contributed by atoms with Crippen LogP contribution in [0, 0.1) is 5.92 Å². The molecule has 6 rings (SSSR count). The highest BCUT2D eigenvalue weighted by Crippen LogP contribution is 2.33. The van der Waals surface area contributed by atoms with Crippen molar-refractivity contribution >= 4 is 17.8 Å². The molecule has 0 spiro atoms. The fourth-order valence-electron chi connectivity index (χ4n) is 7.14. The third-order valence-corrected chi connectivity index (χ3v) is 9.86. The second kappa shape index (κ2) is 14.7. The molecule has 0 bridgehead atoms. The fourth-order valence-corrected chi connectivity index (χ4v) is 7.14. The quantitative estimate of drug-likeness (QED) is 0.184. The number of carbonyl (C=O) groups excluding carboxylic acids is 2. The van der Waals surface area contributed by atoms with E-state index in [-0.39, 0.29) is 36.4 Å². The van der Waals surface area contributed by atoms with Crippen LogP contribution in [0.4, 0.5) is 13.2 Å². The molecule has 1 heterocycles. The summed E-state index contributed by atoms with van der Waals surface area (Å²) in [6.07, 6.45) is 0.832. The molecule has 2 amide bonds. The smallest absolute Gasteiger partial charge is 0.416 e. The number of benzene rings is 4. The average molecular weight is 669 g/mol. The van der Waals surface area contributed by atoms with Crippen LogP contribution in [0.15, 0.2) is 103 Å². The number of carboxylic acid groups (broad SMARTS) is 1. The lowest BCUT2D eigenvalue weighted by Crippen LogP contribution is -2.53. The number of nitrogens with zero attached hydrogens (tertiary/aromatic N) is 2. The number of aliphatic carboxylic acids is 1. The topological polar surface area (TPSA) is 77.9 Å². The van der Waals surface area contributed by atoms with Gasteiger partial charge in [-0.2, -0.15) is 13.2 Å². The number of hydrogen-bond acceptors (Lipinski definition) is 3. The van der Waals surface area contributed by atoms with Gasteiger partial charge in [-0.15, -0.1) is 0 Å². The minimum Gasteiger partial charge on any atom is -0.480 e. The number of hydrogen-bond donors (Lipinski definition) is 1. The summed E-state index contributed by atoms with van der Waals surface area (Å²) in [5.74, 6) is -1.56. The Balaban J connectivity index is 1.27. The van der Waals surface area contributed by atoms with Crippen molar-refractivity contribution in [2.45, 2.75) is 63.2 Å². The van der Waals surface area contributed by atoms with E-state index in [1.807, 2.05) is 59.5 Å². The van der Waals surface area contributed by atoms with E-state index in [1.165, 1.54) is 17.0 Å². The van der Waals surface area contributed by atoms with Crippen LogP contribution in [0.25, 0.3) is 22.3 Å². The number of likely N-dealkylation sites (tertiary alicyclic amines) is 1. The summed E-state index contributed by atoms with van der Waals surface area (Å²) in [6.45, 7) is 0.666. The maximum Gasteiger partial charge on any atom is 0.416 e. The molecule has 2 atom stereocenters. The summed E-state index contributed by atoms with van der Waals surface area (Å²) in [5.41, 5.74) is 3.46. The molecule has 49 heavy (non-hydrogen) atoms. The van der Waals surface area contributed by atoms with E-state index in [9.17, 15) is 32.7 Å². The van der Waals surface area contributed by atoms with Crippen molar-refractivity contribution in [3.05, 3.63) is 120 Å². The monoisotopic (exact) mass is 668 g/mol. The van der Waals surface area contributed by atoms with Crippen molar-refractivity contribution < 1.29 is 32.7 Å². The molecule has 0 radical (unpaired) electrons. The number of halogens is 3. The Hall–Kier alpha value is -4.92. The third-order valence-electron chi connectivity index (χ3n) is 9.86. The maximum absolute atomic E-state index is 14.3. The second-order valence-corrected chi connectivity index (χ2v) is 13.0. The van der Waals surface area contributed by atoms with E-state index >= 15 is 0 Å². The van der Waals surface area contributed by atoms with Gasteiger partial charge in [0.25, 0.3) is 5.91 Å². The van der Waals surface area contributed by atoms with Gasteiger partial charge in [0.1, 0.15) is 6.04 Å². The minimum absolute atomic E-state index is 0.0270. The Morgan fingerprint density at radius 2 is 1.29 bits per heavy atom. The first-order valence-electron chi connectivity index (χ1n) is 16.8. The average Bonchev–Trinajstić information content (AvgIpc) is 3.83. The summed E-state index contributed by atoms with van der Waals surface area (Å²) in [7, 11) is 0. The molecule has 2 aliphatic rings. The van der Waals surface area contributed by atoms with E-state index in [2.05, 4.69) is 0 Å². The molecular formula is C40H39F3N2O4. The van der Waals surface area contributed by atoms with Crippen LogP contribution < -0.4 is 0 Å². The highest BCUT2D eigenvalue weighted by Gasteiger charge is 2.39. The minimum atomic E-state index is -4.44. The largest absolute Gasteiger partial charge is 0.480 e. The van der Waals surface area contributed by atoms with Gasteiger partial charge in [0.05, 0.1) is 5.56 Å². The van der Waals surface area contributed by atoms with Crippen LogP contribution in [-0.2, 0) is 22.2 Å². The van der Waals surface area contributed by atoms with Crippen LogP contribution in [0.1, 0.15) is 60.0 Å². The van der Waals surface area contributed by atoms with Crippen molar-refractivity contribution in [3.63, 3.8) is 0 Å². The molecule has 1 N–H and O–H groups in total. The SMILES string of the molecule is O=C(O)C(Cc1ccc(-c2ccccc2)cc1)N(CC1CCCN1C(=O)C1CCCC1)C(=O)c1ccc(-c2ccc(C(F)(F)F)cc2)cc1. The lowest BCUT2D eigenvalue weighted by molar-refractivity contribution is -0.143. The second-order valence-electron chi connectivity index (χ2n) is 13.0. The third kappa shape index (κ3) is 7.88. The molecular weight excluding hydrogens is 629 g/mol. The Morgan fingerprint density at radius 1 is 0.735 bits per heavy atom. The molecule has 1 aliphatic carbocycles. The molecule has 254 valence electrons. The van der Waals surface area contributed by atoms with Gasteiger partial charge in [-0.25, -0.2) is 4.79 Å². The molecule has 1 saturated carbocycles. The van der Waals surface area contributed by atoms with Crippen molar-refractivity contribution in [1.29, 1.82) is 0 Å². The molecule has 1 aliphatic heterocycles.